The molecule has 1 unspecified atom stereocenters. The van der Waals surface area contributed by atoms with Gasteiger partial charge >= 0.3 is 0 Å². The predicted molar refractivity (Wildman–Crippen MR) is 108 cm³/mol. The lowest BCUT2D eigenvalue weighted by Crippen LogP contribution is -2.45. The fourth-order valence-electron chi connectivity index (χ4n) is 2.60. The summed E-state index contributed by atoms with van der Waals surface area (Å²) in [5.41, 5.74) is 1.88. The molecule has 1 amide bonds. The van der Waals surface area contributed by atoms with Gasteiger partial charge < -0.3 is 20.3 Å². The first-order valence-corrected chi connectivity index (χ1v) is 8.97. The topological polar surface area (TPSA) is 66.0 Å². The first kappa shape index (κ1) is 22.0. The maximum absolute atomic E-state index is 12.1. The molecule has 0 spiro atoms. The molecule has 1 rings (SSSR count). The van der Waals surface area contributed by atoms with Gasteiger partial charge in [-0.25, -0.2) is 0 Å². The Hall–Kier alpha value is -2.08. The highest BCUT2D eigenvalue weighted by Gasteiger charge is 2.24. The number of hydrogen-bond acceptors (Lipinski definition) is 3. The van der Waals surface area contributed by atoms with Gasteiger partial charge in [-0.3, -0.25) is 9.79 Å². The van der Waals surface area contributed by atoms with E-state index in [1.165, 1.54) is 0 Å². The summed E-state index contributed by atoms with van der Waals surface area (Å²) in [6.45, 7) is 7.88. The Morgan fingerprint density at radius 1 is 1.27 bits per heavy atom. The number of methoxy groups -OCH3 is 1. The van der Waals surface area contributed by atoms with Crippen molar-refractivity contribution in [2.75, 3.05) is 41.3 Å². The van der Waals surface area contributed by atoms with Crippen LogP contribution in [0.4, 0.5) is 0 Å². The zero-order valence-electron chi connectivity index (χ0n) is 17.2. The number of ether oxygens (including phenoxy) is 1. The molecule has 0 saturated carbocycles. The van der Waals surface area contributed by atoms with Gasteiger partial charge in [0, 0.05) is 46.9 Å². The van der Waals surface area contributed by atoms with Crippen LogP contribution in [0.15, 0.2) is 29.3 Å². The van der Waals surface area contributed by atoms with Crippen molar-refractivity contribution in [3.63, 3.8) is 0 Å². The fourth-order valence-corrected chi connectivity index (χ4v) is 2.60. The summed E-state index contributed by atoms with van der Waals surface area (Å²) in [5.74, 6) is 0.766. The summed E-state index contributed by atoms with van der Waals surface area (Å²) >= 11 is 0. The third-order valence-corrected chi connectivity index (χ3v) is 4.22. The van der Waals surface area contributed by atoms with E-state index >= 15 is 0 Å². The lowest BCUT2D eigenvalue weighted by atomic mass is 9.89. The van der Waals surface area contributed by atoms with Crippen LogP contribution in [0, 0.1) is 5.41 Å². The van der Waals surface area contributed by atoms with E-state index in [0.29, 0.717) is 12.1 Å². The number of benzene rings is 1. The van der Waals surface area contributed by atoms with Crippen molar-refractivity contribution in [2.45, 2.75) is 33.3 Å². The molecule has 0 aliphatic rings. The van der Waals surface area contributed by atoms with Crippen LogP contribution in [-0.2, 0) is 11.2 Å². The quantitative estimate of drug-likeness (QED) is 0.576. The van der Waals surface area contributed by atoms with Gasteiger partial charge in [0.2, 0.25) is 0 Å². The summed E-state index contributed by atoms with van der Waals surface area (Å²) in [5, 5.41) is 6.62. The fraction of sp³-hybridized carbons (Fsp3) is 0.600. The number of nitrogens with zero attached hydrogens (tertiary/aromatic N) is 2. The average molecular weight is 363 g/mol. The Balaban J connectivity index is 2.53. The number of carbonyl (C=O) groups excluding carboxylic acids is 1. The Morgan fingerprint density at radius 2 is 1.96 bits per heavy atom. The second-order valence-electron chi connectivity index (χ2n) is 7.62. The maximum atomic E-state index is 12.1. The molecule has 0 saturated heterocycles. The Kier molecular flexibility index (Phi) is 8.58. The standard InChI is InChI=1S/C20H34N4O2/c1-20(2,3)17(26-7)14-23-19(21-4)22-12-11-15-9-8-10-16(13-15)18(25)24(5)6/h8-10,13,17H,11-12,14H2,1-7H3,(H2,21,22,23). The third-order valence-electron chi connectivity index (χ3n) is 4.22. The van der Waals surface area contributed by atoms with Gasteiger partial charge in [-0.15, -0.1) is 0 Å². The highest BCUT2D eigenvalue weighted by molar-refractivity contribution is 5.94. The average Bonchev–Trinajstić information content (AvgIpc) is 2.59. The number of carbonyl (C=O) groups is 1. The molecular weight excluding hydrogens is 328 g/mol. The van der Waals surface area contributed by atoms with Gasteiger partial charge in [-0.2, -0.15) is 0 Å². The van der Waals surface area contributed by atoms with Gasteiger partial charge in [0.1, 0.15) is 0 Å². The summed E-state index contributed by atoms with van der Waals surface area (Å²) in [4.78, 5) is 17.9. The molecule has 0 aromatic heterocycles. The van der Waals surface area contributed by atoms with Gasteiger partial charge in [0.25, 0.3) is 5.91 Å². The van der Waals surface area contributed by atoms with Crippen LogP contribution < -0.4 is 10.6 Å². The van der Waals surface area contributed by atoms with Crippen molar-refractivity contribution < 1.29 is 9.53 Å². The smallest absolute Gasteiger partial charge is 0.253 e. The molecule has 1 aromatic rings. The lowest BCUT2D eigenvalue weighted by molar-refractivity contribution is 0.0205. The molecule has 0 aliphatic heterocycles. The monoisotopic (exact) mass is 362 g/mol. The molecule has 0 radical (unpaired) electrons. The summed E-state index contributed by atoms with van der Waals surface area (Å²) < 4.78 is 5.56. The molecule has 0 bridgehead atoms. The van der Waals surface area contributed by atoms with E-state index in [4.69, 9.17) is 4.74 Å². The van der Waals surface area contributed by atoms with Crippen LogP contribution in [-0.4, -0.2) is 64.2 Å². The van der Waals surface area contributed by atoms with Crippen molar-refractivity contribution in [3.05, 3.63) is 35.4 Å². The normalized spacial score (nSPS) is 13.3. The molecule has 0 heterocycles. The molecule has 146 valence electrons. The van der Waals surface area contributed by atoms with Crippen LogP contribution in [0.2, 0.25) is 0 Å². The third kappa shape index (κ3) is 7.04. The van der Waals surface area contributed by atoms with Crippen molar-refractivity contribution in [1.29, 1.82) is 0 Å². The van der Waals surface area contributed by atoms with Gasteiger partial charge in [-0.05, 0) is 29.5 Å². The van der Waals surface area contributed by atoms with E-state index in [1.54, 1.807) is 33.2 Å². The van der Waals surface area contributed by atoms with Crippen molar-refractivity contribution in [1.82, 2.24) is 15.5 Å². The van der Waals surface area contributed by atoms with E-state index in [1.807, 2.05) is 24.3 Å². The SMILES string of the molecule is CN=C(NCCc1cccc(C(=O)N(C)C)c1)NCC(OC)C(C)(C)C. The van der Waals surface area contributed by atoms with Crippen LogP contribution >= 0.6 is 0 Å². The molecule has 0 aliphatic carbocycles. The van der Waals surface area contributed by atoms with Crippen LogP contribution in [0.5, 0.6) is 0 Å². The highest BCUT2D eigenvalue weighted by Crippen LogP contribution is 2.20. The number of guanidine groups is 1. The maximum Gasteiger partial charge on any atom is 0.253 e. The van der Waals surface area contributed by atoms with E-state index in [2.05, 4.69) is 36.4 Å². The predicted octanol–water partition coefficient (Wildman–Crippen LogP) is 2.16. The minimum absolute atomic E-state index is 0.0186. The molecule has 1 aromatic carbocycles. The Morgan fingerprint density at radius 3 is 2.50 bits per heavy atom. The number of nitrogens with one attached hydrogen (secondary N) is 2. The zero-order chi connectivity index (χ0) is 19.7. The van der Waals surface area contributed by atoms with Gasteiger partial charge in [0.15, 0.2) is 5.96 Å². The lowest BCUT2D eigenvalue weighted by Gasteiger charge is -2.30. The highest BCUT2D eigenvalue weighted by atomic mass is 16.5. The molecular formula is C20H34N4O2. The summed E-state index contributed by atoms with van der Waals surface area (Å²) in [7, 11) is 7.01. The summed E-state index contributed by atoms with van der Waals surface area (Å²) in [6.07, 6.45) is 0.900. The number of aliphatic imine (C=N–C) groups is 1. The van der Waals surface area contributed by atoms with Gasteiger partial charge in [0.05, 0.1) is 6.10 Å². The van der Waals surface area contributed by atoms with E-state index in [0.717, 1.165) is 24.5 Å². The van der Waals surface area contributed by atoms with Crippen LogP contribution in [0.25, 0.3) is 0 Å². The largest absolute Gasteiger partial charge is 0.379 e. The van der Waals surface area contributed by atoms with E-state index < -0.39 is 0 Å². The molecule has 2 N–H and O–H groups in total. The van der Waals surface area contributed by atoms with Crippen molar-refractivity contribution in [3.8, 4) is 0 Å². The Bertz CT molecular complexity index is 606. The second-order valence-corrected chi connectivity index (χ2v) is 7.62. The first-order valence-electron chi connectivity index (χ1n) is 8.97. The van der Waals surface area contributed by atoms with Gasteiger partial charge in [-0.1, -0.05) is 32.9 Å². The molecule has 0 fully saturated rings. The zero-order valence-corrected chi connectivity index (χ0v) is 17.2. The van der Waals surface area contributed by atoms with E-state index in [9.17, 15) is 4.79 Å². The Labute approximate surface area is 158 Å². The van der Waals surface area contributed by atoms with Crippen LogP contribution in [0.1, 0.15) is 36.7 Å². The number of hydrogen-bond donors (Lipinski definition) is 2. The molecule has 6 heteroatoms. The summed E-state index contributed by atoms with van der Waals surface area (Å²) in [6, 6.07) is 7.74. The number of amides is 1. The molecule has 1 atom stereocenters. The van der Waals surface area contributed by atoms with E-state index in [-0.39, 0.29) is 17.4 Å². The first-order chi connectivity index (χ1) is 12.2. The minimum Gasteiger partial charge on any atom is -0.379 e. The molecule has 6 nitrogen and oxygen atoms in total. The second kappa shape index (κ2) is 10.2. The minimum atomic E-state index is 0.0186. The number of rotatable bonds is 7. The molecule has 26 heavy (non-hydrogen) atoms. The van der Waals surface area contributed by atoms with Crippen molar-refractivity contribution in [2.24, 2.45) is 10.4 Å². The van der Waals surface area contributed by atoms with Crippen LogP contribution in [0.3, 0.4) is 0 Å². The van der Waals surface area contributed by atoms with Crippen molar-refractivity contribution >= 4 is 11.9 Å².